The summed E-state index contributed by atoms with van der Waals surface area (Å²) in [5.74, 6) is -1.83. The SMILES string of the molecule is CCCCCCCOC(=O)C(CO)(CO)C(=O)OCCCCCCC. The summed E-state index contributed by atoms with van der Waals surface area (Å²) in [5.41, 5.74) is -2.02. The molecule has 0 fully saturated rings. The first-order chi connectivity index (χ1) is 12.1. The van der Waals surface area contributed by atoms with Gasteiger partial charge in [-0.3, -0.25) is 9.59 Å². The fraction of sp³-hybridized carbons (Fsp3) is 0.895. The molecule has 0 unspecified atom stereocenters. The van der Waals surface area contributed by atoms with Crippen molar-refractivity contribution in [2.75, 3.05) is 26.4 Å². The van der Waals surface area contributed by atoms with Crippen LogP contribution >= 0.6 is 0 Å². The number of unbranched alkanes of at least 4 members (excludes halogenated alkanes) is 8. The Morgan fingerprint density at radius 3 is 1.36 bits per heavy atom. The Morgan fingerprint density at radius 1 is 0.680 bits per heavy atom. The monoisotopic (exact) mass is 360 g/mol. The van der Waals surface area contributed by atoms with Gasteiger partial charge in [-0.05, 0) is 12.8 Å². The van der Waals surface area contributed by atoms with Crippen LogP contribution in [-0.2, 0) is 19.1 Å². The maximum Gasteiger partial charge on any atom is 0.328 e. The molecule has 148 valence electrons. The van der Waals surface area contributed by atoms with E-state index in [1.807, 2.05) is 0 Å². The van der Waals surface area contributed by atoms with Gasteiger partial charge in [0, 0.05) is 0 Å². The van der Waals surface area contributed by atoms with Crippen molar-refractivity contribution >= 4 is 11.9 Å². The number of rotatable bonds is 16. The molecule has 0 heterocycles. The van der Waals surface area contributed by atoms with Gasteiger partial charge in [0.1, 0.15) is 0 Å². The fourth-order valence-electron chi connectivity index (χ4n) is 2.41. The molecule has 0 aliphatic rings. The molecule has 6 heteroatoms. The van der Waals surface area contributed by atoms with Gasteiger partial charge in [-0.1, -0.05) is 65.2 Å². The molecule has 0 aliphatic carbocycles. The Morgan fingerprint density at radius 2 is 1.04 bits per heavy atom. The standard InChI is InChI=1S/C19H36O6/c1-3-5-7-9-11-13-24-17(22)19(15-20,16-21)18(23)25-14-12-10-8-6-4-2/h20-21H,3-16H2,1-2H3. The third-order valence-corrected chi connectivity index (χ3v) is 4.28. The number of esters is 2. The summed E-state index contributed by atoms with van der Waals surface area (Å²) in [6, 6.07) is 0. The van der Waals surface area contributed by atoms with Crippen molar-refractivity contribution in [2.45, 2.75) is 78.1 Å². The summed E-state index contributed by atoms with van der Waals surface area (Å²) in [7, 11) is 0. The smallest absolute Gasteiger partial charge is 0.328 e. The molecular weight excluding hydrogens is 324 g/mol. The van der Waals surface area contributed by atoms with Gasteiger partial charge in [-0.25, -0.2) is 0 Å². The van der Waals surface area contributed by atoms with Crippen LogP contribution in [0.25, 0.3) is 0 Å². The summed E-state index contributed by atoms with van der Waals surface area (Å²) in [6.45, 7) is 2.93. The molecule has 25 heavy (non-hydrogen) atoms. The van der Waals surface area contributed by atoms with Gasteiger partial charge in [0.05, 0.1) is 26.4 Å². The molecule has 0 aromatic heterocycles. The lowest BCUT2D eigenvalue weighted by molar-refractivity contribution is -0.179. The Balaban J connectivity index is 4.30. The normalized spacial score (nSPS) is 11.4. The van der Waals surface area contributed by atoms with E-state index < -0.39 is 30.6 Å². The van der Waals surface area contributed by atoms with E-state index in [-0.39, 0.29) is 13.2 Å². The van der Waals surface area contributed by atoms with Gasteiger partial charge < -0.3 is 19.7 Å². The maximum atomic E-state index is 12.2. The first-order valence-electron chi connectivity index (χ1n) is 9.65. The summed E-state index contributed by atoms with van der Waals surface area (Å²) in [6.07, 6.45) is 9.94. The van der Waals surface area contributed by atoms with Crippen LogP contribution in [0.5, 0.6) is 0 Å². The van der Waals surface area contributed by atoms with Crippen LogP contribution in [0, 0.1) is 5.41 Å². The molecule has 0 atom stereocenters. The van der Waals surface area contributed by atoms with Gasteiger partial charge in [-0.2, -0.15) is 0 Å². The molecule has 0 amide bonds. The largest absolute Gasteiger partial charge is 0.465 e. The third kappa shape index (κ3) is 9.21. The summed E-state index contributed by atoms with van der Waals surface area (Å²) in [4.78, 5) is 24.4. The minimum absolute atomic E-state index is 0.175. The Bertz CT molecular complexity index is 322. The lowest BCUT2D eigenvalue weighted by atomic mass is 9.90. The Kier molecular flexibility index (Phi) is 14.5. The summed E-state index contributed by atoms with van der Waals surface area (Å²) < 4.78 is 10.2. The van der Waals surface area contributed by atoms with Crippen molar-refractivity contribution in [1.82, 2.24) is 0 Å². The highest BCUT2D eigenvalue weighted by atomic mass is 16.6. The topological polar surface area (TPSA) is 93.1 Å². The zero-order chi connectivity index (χ0) is 19.0. The lowest BCUT2D eigenvalue weighted by Gasteiger charge is -2.25. The first kappa shape index (κ1) is 23.9. The first-order valence-corrected chi connectivity index (χ1v) is 9.65. The van der Waals surface area contributed by atoms with E-state index >= 15 is 0 Å². The average Bonchev–Trinajstić information content (AvgIpc) is 2.62. The maximum absolute atomic E-state index is 12.2. The van der Waals surface area contributed by atoms with E-state index in [1.165, 1.54) is 0 Å². The predicted octanol–water partition coefficient (Wildman–Crippen LogP) is 2.98. The van der Waals surface area contributed by atoms with Crippen LogP contribution < -0.4 is 0 Å². The predicted molar refractivity (Wildman–Crippen MR) is 96.0 cm³/mol. The number of aliphatic hydroxyl groups excluding tert-OH is 2. The van der Waals surface area contributed by atoms with E-state index in [4.69, 9.17) is 9.47 Å². The molecule has 0 bridgehead atoms. The quantitative estimate of drug-likeness (QED) is 0.250. The highest BCUT2D eigenvalue weighted by Gasteiger charge is 2.48. The number of carbonyl (C=O) groups is 2. The second-order valence-corrected chi connectivity index (χ2v) is 6.50. The van der Waals surface area contributed by atoms with Crippen LogP contribution in [-0.4, -0.2) is 48.6 Å². The molecule has 0 aromatic carbocycles. The molecule has 0 saturated carbocycles. The van der Waals surface area contributed by atoms with Crippen molar-refractivity contribution in [3.05, 3.63) is 0 Å². The Hall–Kier alpha value is -1.14. The van der Waals surface area contributed by atoms with Crippen LogP contribution in [0.15, 0.2) is 0 Å². The molecule has 0 aromatic rings. The van der Waals surface area contributed by atoms with Gasteiger partial charge in [-0.15, -0.1) is 0 Å². The number of hydrogen-bond acceptors (Lipinski definition) is 6. The highest BCUT2D eigenvalue weighted by molar-refractivity contribution is 6.00. The lowest BCUT2D eigenvalue weighted by Crippen LogP contribution is -2.48. The van der Waals surface area contributed by atoms with Crippen LogP contribution in [0.1, 0.15) is 78.1 Å². The van der Waals surface area contributed by atoms with E-state index in [9.17, 15) is 19.8 Å². The van der Waals surface area contributed by atoms with Crippen molar-refractivity contribution in [3.63, 3.8) is 0 Å². The summed E-state index contributed by atoms with van der Waals surface area (Å²) in [5, 5.41) is 19.0. The second kappa shape index (κ2) is 15.1. The molecule has 0 spiro atoms. The number of carbonyl (C=O) groups excluding carboxylic acids is 2. The number of aliphatic hydroxyl groups is 2. The van der Waals surface area contributed by atoms with Gasteiger partial charge in [0.25, 0.3) is 0 Å². The van der Waals surface area contributed by atoms with Crippen molar-refractivity contribution < 1.29 is 29.3 Å². The highest BCUT2D eigenvalue weighted by Crippen LogP contribution is 2.21. The molecule has 0 saturated heterocycles. The summed E-state index contributed by atoms with van der Waals surface area (Å²) >= 11 is 0. The Labute approximate surface area is 151 Å². The van der Waals surface area contributed by atoms with Crippen molar-refractivity contribution in [1.29, 1.82) is 0 Å². The van der Waals surface area contributed by atoms with E-state index in [0.717, 1.165) is 51.4 Å². The average molecular weight is 360 g/mol. The van der Waals surface area contributed by atoms with Crippen LogP contribution in [0.3, 0.4) is 0 Å². The number of hydrogen-bond donors (Lipinski definition) is 2. The van der Waals surface area contributed by atoms with Gasteiger partial charge >= 0.3 is 11.9 Å². The van der Waals surface area contributed by atoms with E-state index in [0.29, 0.717) is 12.8 Å². The van der Waals surface area contributed by atoms with Crippen LogP contribution in [0.2, 0.25) is 0 Å². The second-order valence-electron chi connectivity index (χ2n) is 6.50. The van der Waals surface area contributed by atoms with Crippen LogP contribution in [0.4, 0.5) is 0 Å². The fourth-order valence-corrected chi connectivity index (χ4v) is 2.41. The molecule has 6 nitrogen and oxygen atoms in total. The molecular formula is C19H36O6. The minimum Gasteiger partial charge on any atom is -0.465 e. The minimum atomic E-state index is -2.02. The molecule has 0 radical (unpaired) electrons. The zero-order valence-electron chi connectivity index (χ0n) is 15.9. The van der Waals surface area contributed by atoms with Gasteiger partial charge in [0.2, 0.25) is 5.41 Å². The van der Waals surface area contributed by atoms with E-state index in [1.54, 1.807) is 0 Å². The van der Waals surface area contributed by atoms with Crippen molar-refractivity contribution in [2.24, 2.45) is 5.41 Å². The van der Waals surface area contributed by atoms with Gasteiger partial charge in [0.15, 0.2) is 0 Å². The molecule has 0 aliphatic heterocycles. The number of ether oxygens (including phenoxy) is 2. The molecule has 0 rings (SSSR count). The third-order valence-electron chi connectivity index (χ3n) is 4.28. The molecule has 2 N–H and O–H groups in total. The van der Waals surface area contributed by atoms with Crippen molar-refractivity contribution in [3.8, 4) is 0 Å². The van der Waals surface area contributed by atoms with E-state index in [2.05, 4.69) is 13.8 Å². The zero-order valence-corrected chi connectivity index (χ0v) is 15.9.